The Labute approximate surface area is 77.1 Å². The van der Waals surface area contributed by atoms with E-state index in [4.69, 9.17) is 9.84 Å². The van der Waals surface area contributed by atoms with Gasteiger partial charge in [-0.1, -0.05) is 13.8 Å². The normalized spacial score (nSPS) is 12.3. The molecule has 0 saturated heterocycles. The van der Waals surface area contributed by atoms with Gasteiger partial charge in [0.1, 0.15) is 6.04 Å². The molecule has 2 N–H and O–H groups in total. The van der Waals surface area contributed by atoms with Gasteiger partial charge in [0.05, 0.1) is 6.61 Å². The van der Waals surface area contributed by atoms with Crippen LogP contribution in [0.4, 0.5) is 4.79 Å². The number of carbonyl (C=O) groups is 2. The number of ether oxygens (including phenoxy) is 1. The van der Waals surface area contributed by atoms with Gasteiger partial charge in [-0.3, -0.25) is 4.79 Å². The van der Waals surface area contributed by atoms with Crippen LogP contribution in [-0.4, -0.2) is 29.8 Å². The quantitative estimate of drug-likeness (QED) is 0.687. The fourth-order valence-electron chi connectivity index (χ4n) is 0.523. The fourth-order valence-corrected chi connectivity index (χ4v) is 0.523. The lowest BCUT2D eigenvalue weighted by molar-refractivity contribution is -0.138. The van der Waals surface area contributed by atoms with Gasteiger partial charge in [0.15, 0.2) is 0 Å². The lowest BCUT2D eigenvalue weighted by atomic mass is 10.2. The summed E-state index contributed by atoms with van der Waals surface area (Å²) >= 11 is 0. The Balaban J connectivity index is 3.68. The Morgan fingerprint density at radius 3 is 2.31 bits per heavy atom. The standard InChI is InChI=1S/C8H15NO4/c1-5(2)4-13-8(12)9-6(3)7(10)11/h5-6H,4H2,1-3H3,(H,9,12)(H,10,11)/t6-/m1/s1. The first-order chi connectivity index (χ1) is 5.93. The first-order valence-corrected chi connectivity index (χ1v) is 4.09. The van der Waals surface area contributed by atoms with E-state index in [9.17, 15) is 9.59 Å². The molecule has 76 valence electrons. The maximum Gasteiger partial charge on any atom is 0.407 e. The van der Waals surface area contributed by atoms with Gasteiger partial charge >= 0.3 is 12.1 Å². The van der Waals surface area contributed by atoms with Gasteiger partial charge in [0, 0.05) is 0 Å². The third-order valence-corrected chi connectivity index (χ3v) is 1.25. The molecular formula is C8H15NO4. The van der Waals surface area contributed by atoms with Crippen molar-refractivity contribution < 1.29 is 19.4 Å². The van der Waals surface area contributed by atoms with Crippen LogP contribution in [0.3, 0.4) is 0 Å². The highest BCUT2D eigenvalue weighted by molar-refractivity contribution is 5.79. The molecule has 0 fully saturated rings. The summed E-state index contributed by atoms with van der Waals surface area (Å²) in [6.07, 6.45) is -0.691. The topological polar surface area (TPSA) is 75.6 Å². The molecule has 0 radical (unpaired) electrons. The monoisotopic (exact) mass is 189 g/mol. The van der Waals surface area contributed by atoms with Crippen molar-refractivity contribution >= 4 is 12.1 Å². The van der Waals surface area contributed by atoms with Crippen LogP contribution >= 0.6 is 0 Å². The van der Waals surface area contributed by atoms with Gasteiger partial charge in [0.2, 0.25) is 0 Å². The highest BCUT2D eigenvalue weighted by Gasteiger charge is 2.14. The number of hydrogen-bond donors (Lipinski definition) is 2. The van der Waals surface area contributed by atoms with Crippen molar-refractivity contribution in [2.75, 3.05) is 6.61 Å². The Bertz CT molecular complexity index is 191. The molecule has 0 aliphatic rings. The average Bonchev–Trinajstić information content (AvgIpc) is 2.00. The smallest absolute Gasteiger partial charge is 0.407 e. The molecule has 5 heteroatoms. The predicted octanol–water partition coefficient (Wildman–Crippen LogP) is 0.842. The van der Waals surface area contributed by atoms with Gasteiger partial charge in [-0.05, 0) is 12.8 Å². The van der Waals surface area contributed by atoms with Crippen molar-refractivity contribution in [1.29, 1.82) is 0 Å². The number of amides is 1. The number of hydrogen-bond acceptors (Lipinski definition) is 3. The van der Waals surface area contributed by atoms with Crippen LogP contribution in [0.2, 0.25) is 0 Å². The second-order valence-corrected chi connectivity index (χ2v) is 3.20. The van der Waals surface area contributed by atoms with E-state index >= 15 is 0 Å². The number of aliphatic carboxylic acids is 1. The number of nitrogens with one attached hydrogen (secondary N) is 1. The largest absolute Gasteiger partial charge is 0.480 e. The molecule has 0 rings (SSSR count). The number of alkyl carbamates (subject to hydrolysis) is 1. The summed E-state index contributed by atoms with van der Waals surface area (Å²) in [4.78, 5) is 21.2. The van der Waals surface area contributed by atoms with Crippen LogP contribution in [0.1, 0.15) is 20.8 Å². The van der Waals surface area contributed by atoms with Gasteiger partial charge in [-0.15, -0.1) is 0 Å². The van der Waals surface area contributed by atoms with Crippen molar-refractivity contribution in [1.82, 2.24) is 5.32 Å². The molecule has 0 aromatic heterocycles. The van der Waals surface area contributed by atoms with Crippen molar-refractivity contribution in [2.24, 2.45) is 5.92 Å². The summed E-state index contributed by atoms with van der Waals surface area (Å²) in [6, 6.07) is -0.917. The molecule has 0 spiro atoms. The molecule has 0 aliphatic carbocycles. The maximum absolute atomic E-state index is 10.9. The van der Waals surface area contributed by atoms with Gasteiger partial charge in [-0.2, -0.15) is 0 Å². The van der Waals surface area contributed by atoms with Crippen LogP contribution in [0.5, 0.6) is 0 Å². The van der Waals surface area contributed by atoms with Crippen molar-refractivity contribution in [2.45, 2.75) is 26.8 Å². The van der Waals surface area contributed by atoms with Crippen molar-refractivity contribution in [3.63, 3.8) is 0 Å². The number of rotatable bonds is 4. The molecule has 0 aromatic carbocycles. The van der Waals surface area contributed by atoms with Crippen LogP contribution < -0.4 is 5.32 Å². The molecule has 5 nitrogen and oxygen atoms in total. The molecule has 0 unspecified atom stereocenters. The van der Waals surface area contributed by atoms with E-state index < -0.39 is 18.1 Å². The lowest BCUT2D eigenvalue weighted by Crippen LogP contribution is -2.39. The van der Waals surface area contributed by atoms with Gasteiger partial charge in [-0.25, -0.2) is 4.79 Å². The Hall–Kier alpha value is -1.26. The first-order valence-electron chi connectivity index (χ1n) is 4.09. The summed E-state index contributed by atoms with van der Waals surface area (Å²) in [5, 5.41) is 10.6. The molecular weight excluding hydrogens is 174 g/mol. The summed E-state index contributed by atoms with van der Waals surface area (Å²) in [7, 11) is 0. The minimum Gasteiger partial charge on any atom is -0.480 e. The second-order valence-electron chi connectivity index (χ2n) is 3.20. The van der Waals surface area contributed by atoms with Crippen LogP contribution in [0.15, 0.2) is 0 Å². The number of carbonyl (C=O) groups excluding carboxylic acids is 1. The maximum atomic E-state index is 10.9. The number of carboxylic acids is 1. The van der Waals surface area contributed by atoms with Crippen LogP contribution in [0.25, 0.3) is 0 Å². The summed E-state index contributed by atoms with van der Waals surface area (Å²) in [5.41, 5.74) is 0. The minimum atomic E-state index is -1.08. The Kier molecular flexibility index (Phi) is 4.87. The summed E-state index contributed by atoms with van der Waals surface area (Å²) < 4.78 is 4.71. The van der Waals surface area contributed by atoms with Crippen molar-refractivity contribution in [3.05, 3.63) is 0 Å². The molecule has 13 heavy (non-hydrogen) atoms. The van der Waals surface area contributed by atoms with Crippen LogP contribution in [0, 0.1) is 5.92 Å². The van der Waals surface area contributed by atoms with Crippen molar-refractivity contribution in [3.8, 4) is 0 Å². The average molecular weight is 189 g/mol. The Morgan fingerprint density at radius 2 is 1.92 bits per heavy atom. The van der Waals surface area contributed by atoms with Crippen LogP contribution in [-0.2, 0) is 9.53 Å². The summed E-state index contributed by atoms with van der Waals surface area (Å²) in [5.74, 6) is -0.840. The third kappa shape index (κ3) is 5.95. The van der Waals surface area contributed by atoms with E-state index in [-0.39, 0.29) is 12.5 Å². The number of carboxylic acid groups (broad SMARTS) is 1. The first kappa shape index (κ1) is 11.7. The van der Waals surface area contributed by atoms with E-state index in [2.05, 4.69) is 5.32 Å². The van der Waals surface area contributed by atoms with Gasteiger partial charge < -0.3 is 15.2 Å². The van der Waals surface area contributed by atoms with E-state index in [1.54, 1.807) is 0 Å². The lowest BCUT2D eigenvalue weighted by Gasteiger charge is -2.10. The molecule has 0 heterocycles. The van der Waals surface area contributed by atoms with E-state index in [0.29, 0.717) is 0 Å². The zero-order valence-electron chi connectivity index (χ0n) is 8.03. The molecule has 0 aromatic rings. The zero-order valence-corrected chi connectivity index (χ0v) is 8.03. The predicted molar refractivity (Wildman–Crippen MR) is 46.4 cm³/mol. The molecule has 1 amide bonds. The fraction of sp³-hybridized carbons (Fsp3) is 0.750. The van der Waals surface area contributed by atoms with E-state index in [1.165, 1.54) is 6.92 Å². The zero-order chi connectivity index (χ0) is 10.4. The highest BCUT2D eigenvalue weighted by atomic mass is 16.5. The third-order valence-electron chi connectivity index (χ3n) is 1.25. The van der Waals surface area contributed by atoms with E-state index in [0.717, 1.165) is 0 Å². The SMILES string of the molecule is CC(C)COC(=O)N[C@H](C)C(=O)O. The highest BCUT2D eigenvalue weighted by Crippen LogP contribution is 1.93. The van der Waals surface area contributed by atoms with E-state index in [1.807, 2.05) is 13.8 Å². The molecule has 0 saturated carbocycles. The van der Waals surface area contributed by atoms with Gasteiger partial charge in [0.25, 0.3) is 0 Å². The Morgan fingerprint density at radius 1 is 1.38 bits per heavy atom. The molecule has 1 atom stereocenters. The summed E-state index contributed by atoms with van der Waals surface area (Å²) in [6.45, 7) is 5.46. The molecule has 0 aliphatic heterocycles. The molecule has 0 bridgehead atoms. The minimum absolute atomic E-state index is 0.242. The second kappa shape index (κ2) is 5.40.